The van der Waals surface area contributed by atoms with Crippen LogP contribution in [0.5, 0.6) is 0 Å². The Hall–Kier alpha value is -0.860. The van der Waals surface area contributed by atoms with Gasteiger partial charge in [0.05, 0.1) is 0 Å². The lowest BCUT2D eigenvalue weighted by Crippen LogP contribution is -2.43. The second-order valence-electron chi connectivity index (χ2n) is 7.50. The Bertz CT molecular complexity index is 593. The molecule has 1 aliphatic carbocycles. The summed E-state index contributed by atoms with van der Waals surface area (Å²) in [6.07, 6.45) is 5.51. The van der Waals surface area contributed by atoms with Gasteiger partial charge in [-0.05, 0) is 46.6 Å². The second kappa shape index (κ2) is 6.10. The van der Waals surface area contributed by atoms with E-state index in [0.717, 1.165) is 12.5 Å². The molecule has 1 aromatic heterocycles. The lowest BCUT2D eigenvalue weighted by molar-refractivity contribution is 0.130. The maximum atomic E-state index is 3.88. The smallest absolute Gasteiger partial charge is 0.0346 e. The van der Waals surface area contributed by atoms with E-state index in [1.54, 1.807) is 0 Å². The van der Waals surface area contributed by atoms with Gasteiger partial charge in [0.1, 0.15) is 0 Å². The Morgan fingerprint density at radius 1 is 1.14 bits per heavy atom. The molecule has 1 saturated carbocycles. The molecule has 2 aromatic rings. The zero-order valence-electron chi connectivity index (χ0n) is 13.5. The topological polar surface area (TPSA) is 12.0 Å². The molecule has 0 saturated heterocycles. The fourth-order valence-electron chi connectivity index (χ4n) is 3.82. The highest BCUT2D eigenvalue weighted by molar-refractivity contribution is 7.17. The van der Waals surface area contributed by atoms with Crippen molar-refractivity contribution in [3.63, 3.8) is 0 Å². The van der Waals surface area contributed by atoms with Crippen molar-refractivity contribution in [1.29, 1.82) is 0 Å². The highest BCUT2D eigenvalue weighted by atomic mass is 32.1. The van der Waals surface area contributed by atoms with Crippen LogP contribution in [0.3, 0.4) is 0 Å². The molecule has 1 aromatic carbocycles. The average molecular weight is 301 g/mol. The van der Waals surface area contributed by atoms with Crippen LogP contribution in [0.2, 0.25) is 0 Å². The van der Waals surface area contributed by atoms with E-state index in [9.17, 15) is 0 Å². The predicted molar refractivity (Wildman–Crippen MR) is 93.9 cm³/mol. The van der Waals surface area contributed by atoms with Gasteiger partial charge in [0, 0.05) is 17.3 Å². The summed E-state index contributed by atoms with van der Waals surface area (Å²) in [6.45, 7) is 8.22. The third-order valence-corrected chi connectivity index (χ3v) is 6.01. The standard InChI is InChI=1S/C19H27NS/c1-19(2,3)16-9-5-6-10-17(16)20-12-14-13-21-18-11-7-4-8-15(14)18/h4,7-8,11,13,16-17,20H,5-6,9-10,12H2,1-3H3. The van der Waals surface area contributed by atoms with Crippen molar-refractivity contribution in [2.45, 2.75) is 59.0 Å². The molecule has 1 nitrogen and oxygen atoms in total. The van der Waals surface area contributed by atoms with Crippen molar-refractivity contribution in [3.05, 3.63) is 35.2 Å². The van der Waals surface area contributed by atoms with Crippen LogP contribution in [0.1, 0.15) is 52.0 Å². The molecular formula is C19H27NS. The average Bonchev–Trinajstić information content (AvgIpc) is 2.88. The van der Waals surface area contributed by atoms with Crippen molar-refractivity contribution in [2.75, 3.05) is 0 Å². The Kier molecular flexibility index (Phi) is 4.37. The predicted octanol–water partition coefficient (Wildman–Crippen LogP) is 5.60. The quantitative estimate of drug-likeness (QED) is 0.778. The molecule has 2 heteroatoms. The van der Waals surface area contributed by atoms with Crippen molar-refractivity contribution >= 4 is 21.4 Å². The van der Waals surface area contributed by atoms with Gasteiger partial charge in [-0.1, -0.05) is 51.8 Å². The van der Waals surface area contributed by atoms with Gasteiger partial charge in [0.2, 0.25) is 0 Å². The summed E-state index contributed by atoms with van der Waals surface area (Å²) in [4.78, 5) is 0. The fraction of sp³-hybridized carbons (Fsp3) is 0.579. The van der Waals surface area contributed by atoms with Crippen molar-refractivity contribution in [3.8, 4) is 0 Å². The Labute approximate surface area is 132 Å². The van der Waals surface area contributed by atoms with Crippen molar-refractivity contribution < 1.29 is 0 Å². The number of hydrogen-bond donors (Lipinski definition) is 1. The van der Waals surface area contributed by atoms with Crippen LogP contribution < -0.4 is 5.32 Å². The third-order valence-electron chi connectivity index (χ3n) is 4.99. The largest absolute Gasteiger partial charge is 0.310 e. The maximum Gasteiger partial charge on any atom is 0.0346 e. The highest BCUT2D eigenvalue weighted by Gasteiger charge is 2.33. The molecule has 2 atom stereocenters. The monoisotopic (exact) mass is 301 g/mol. The number of hydrogen-bond acceptors (Lipinski definition) is 2. The molecule has 1 aliphatic rings. The first kappa shape index (κ1) is 15.1. The van der Waals surface area contributed by atoms with Gasteiger partial charge in [-0.25, -0.2) is 0 Å². The molecule has 114 valence electrons. The molecule has 0 amide bonds. The number of nitrogens with one attached hydrogen (secondary N) is 1. The molecule has 0 aliphatic heterocycles. The van der Waals surface area contributed by atoms with Crippen molar-refractivity contribution in [2.24, 2.45) is 11.3 Å². The van der Waals surface area contributed by atoms with E-state index in [1.807, 2.05) is 11.3 Å². The Morgan fingerprint density at radius 3 is 2.71 bits per heavy atom. The van der Waals surface area contributed by atoms with E-state index >= 15 is 0 Å². The summed E-state index contributed by atoms with van der Waals surface area (Å²) in [5.74, 6) is 0.802. The maximum absolute atomic E-state index is 3.88. The molecule has 0 spiro atoms. The van der Waals surface area contributed by atoms with E-state index in [4.69, 9.17) is 0 Å². The number of fused-ring (bicyclic) bond motifs is 1. The summed E-state index contributed by atoms with van der Waals surface area (Å²) in [6, 6.07) is 9.44. The second-order valence-corrected chi connectivity index (χ2v) is 8.41. The lowest BCUT2D eigenvalue weighted by Gasteiger charge is -2.41. The van der Waals surface area contributed by atoms with E-state index < -0.39 is 0 Å². The first-order valence-corrected chi connectivity index (χ1v) is 9.12. The molecular weight excluding hydrogens is 274 g/mol. The molecule has 2 unspecified atom stereocenters. The zero-order valence-corrected chi connectivity index (χ0v) is 14.3. The van der Waals surface area contributed by atoms with Crippen molar-refractivity contribution in [1.82, 2.24) is 5.32 Å². The highest BCUT2D eigenvalue weighted by Crippen LogP contribution is 2.38. The van der Waals surface area contributed by atoms with Crippen LogP contribution in [0.25, 0.3) is 10.1 Å². The van der Waals surface area contributed by atoms with Gasteiger partial charge >= 0.3 is 0 Å². The van der Waals surface area contributed by atoms with E-state index in [2.05, 4.69) is 55.7 Å². The molecule has 1 N–H and O–H groups in total. The van der Waals surface area contributed by atoms with Crippen LogP contribution >= 0.6 is 11.3 Å². The summed E-state index contributed by atoms with van der Waals surface area (Å²) in [7, 11) is 0. The minimum absolute atomic E-state index is 0.412. The number of rotatable bonds is 3. The fourth-order valence-corrected chi connectivity index (χ4v) is 4.79. The minimum Gasteiger partial charge on any atom is -0.310 e. The molecule has 1 fully saturated rings. The Morgan fingerprint density at radius 2 is 1.90 bits per heavy atom. The summed E-state index contributed by atoms with van der Waals surface area (Å²) in [5.41, 5.74) is 1.88. The van der Waals surface area contributed by atoms with Crippen LogP contribution in [0.4, 0.5) is 0 Å². The van der Waals surface area contributed by atoms with E-state index in [0.29, 0.717) is 11.5 Å². The van der Waals surface area contributed by atoms with E-state index in [1.165, 1.54) is 41.3 Å². The first-order chi connectivity index (χ1) is 10.1. The normalized spacial score (nSPS) is 23.6. The zero-order chi connectivity index (χ0) is 14.9. The van der Waals surface area contributed by atoms with Gasteiger partial charge in [0.15, 0.2) is 0 Å². The Balaban J connectivity index is 1.71. The van der Waals surface area contributed by atoms with Gasteiger partial charge in [0.25, 0.3) is 0 Å². The van der Waals surface area contributed by atoms with Crippen LogP contribution in [0, 0.1) is 11.3 Å². The lowest BCUT2D eigenvalue weighted by atomic mass is 9.69. The van der Waals surface area contributed by atoms with Gasteiger partial charge in [-0.3, -0.25) is 0 Å². The SMILES string of the molecule is CC(C)(C)C1CCCCC1NCc1csc2ccccc12. The molecule has 0 bridgehead atoms. The summed E-state index contributed by atoms with van der Waals surface area (Å²) >= 11 is 1.87. The minimum atomic E-state index is 0.412. The first-order valence-electron chi connectivity index (χ1n) is 8.24. The van der Waals surface area contributed by atoms with Gasteiger partial charge in [-0.2, -0.15) is 0 Å². The van der Waals surface area contributed by atoms with Gasteiger partial charge in [-0.15, -0.1) is 11.3 Å². The summed E-state index contributed by atoms with van der Waals surface area (Å²) < 4.78 is 1.41. The number of benzene rings is 1. The number of thiophene rings is 1. The molecule has 0 radical (unpaired) electrons. The third kappa shape index (κ3) is 3.32. The van der Waals surface area contributed by atoms with Gasteiger partial charge < -0.3 is 5.32 Å². The molecule has 3 rings (SSSR count). The van der Waals surface area contributed by atoms with Crippen LogP contribution in [-0.4, -0.2) is 6.04 Å². The van der Waals surface area contributed by atoms with Crippen LogP contribution in [-0.2, 0) is 6.54 Å². The van der Waals surface area contributed by atoms with E-state index in [-0.39, 0.29) is 0 Å². The summed E-state index contributed by atoms with van der Waals surface area (Å²) in [5, 5.41) is 7.63. The van der Waals surface area contributed by atoms with Crippen LogP contribution in [0.15, 0.2) is 29.6 Å². The molecule has 1 heterocycles. The molecule has 21 heavy (non-hydrogen) atoms.